The molecule has 0 aliphatic rings. The highest BCUT2D eigenvalue weighted by Crippen LogP contribution is 2.18. The molecule has 1 aromatic heterocycles. The predicted octanol–water partition coefficient (Wildman–Crippen LogP) is 2.70. The first-order valence-electron chi connectivity index (χ1n) is 7.27. The van der Waals surface area contributed by atoms with Crippen LogP contribution in [0.3, 0.4) is 0 Å². The molecule has 1 heterocycles. The van der Waals surface area contributed by atoms with Gasteiger partial charge in [0.1, 0.15) is 0 Å². The Balaban J connectivity index is 2.10. The van der Waals surface area contributed by atoms with Crippen molar-refractivity contribution in [3.8, 4) is 0 Å². The van der Waals surface area contributed by atoms with Gasteiger partial charge in [0.15, 0.2) is 0 Å². The molecule has 0 unspecified atom stereocenters. The molecule has 0 radical (unpaired) electrons. The number of amides is 1. The van der Waals surface area contributed by atoms with Crippen molar-refractivity contribution in [1.29, 1.82) is 0 Å². The van der Waals surface area contributed by atoms with Crippen LogP contribution in [0.15, 0.2) is 52.5 Å². The van der Waals surface area contributed by atoms with Crippen LogP contribution in [0.5, 0.6) is 0 Å². The average molecular weight is 365 g/mol. The number of carbonyl (C=O) groups is 1. The normalized spacial score (nSPS) is 11.5. The highest BCUT2D eigenvalue weighted by atomic mass is 32.2. The summed E-state index contributed by atoms with van der Waals surface area (Å²) < 4.78 is 25.1. The van der Waals surface area contributed by atoms with Crippen molar-refractivity contribution in [2.24, 2.45) is 0 Å². The molecule has 0 saturated heterocycles. The van der Waals surface area contributed by atoms with Crippen LogP contribution in [0.4, 0.5) is 5.69 Å². The fourth-order valence-electron chi connectivity index (χ4n) is 1.88. The first-order chi connectivity index (χ1) is 11.3. The summed E-state index contributed by atoms with van der Waals surface area (Å²) in [5, 5.41) is 3.63. The molecule has 0 fully saturated rings. The molecule has 24 heavy (non-hydrogen) atoms. The van der Waals surface area contributed by atoms with E-state index in [1.54, 1.807) is 24.0 Å². The zero-order chi connectivity index (χ0) is 17.7. The molecule has 1 amide bonds. The van der Waals surface area contributed by atoms with E-state index in [2.05, 4.69) is 10.3 Å². The SMILES string of the molecule is CCSc1ccc(NC(=O)c2ccc(S(=O)(=O)N(C)C)cc2)cn1. The van der Waals surface area contributed by atoms with Crippen molar-refractivity contribution in [1.82, 2.24) is 9.29 Å². The number of hydrogen-bond acceptors (Lipinski definition) is 5. The fraction of sp³-hybridized carbons (Fsp3) is 0.250. The molecular weight excluding hydrogens is 346 g/mol. The average Bonchev–Trinajstić information content (AvgIpc) is 2.57. The van der Waals surface area contributed by atoms with E-state index in [-0.39, 0.29) is 10.8 Å². The minimum Gasteiger partial charge on any atom is -0.321 e. The summed E-state index contributed by atoms with van der Waals surface area (Å²) in [6.45, 7) is 2.04. The van der Waals surface area contributed by atoms with Gasteiger partial charge in [-0.25, -0.2) is 17.7 Å². The van der Waals surface area contributed by atoms with Gasteiger partial charge in [0.2, 0.25) is 10.0 Å². The molecule has 1 N–H and O–H groups in total. The van der Waals surface area contributed by atoms with E-state index in [9.17, 15) is 13.2 Å². The van der Waals surface area contributed by atoms with Gasteiger partial charge in [-0.1, -0.05) is 6.92 Å². The highest BCUT2D eigenvalue weighted by molar-refractivity contribution is 7.99. The van der Waals surface area contributed by atoms with Gasteiger partial charge in [-0.05, 0) is 42.2 Å². The summed E-state index contributed by atoms with van der Waals surface area (Å²) in [7, 11) is -0.576. The lowest BCUT2D eigenvalue weighted by Crippen LogP contribution is -2.22. The van der Waals surface area contributed by atoms with Gasteiger partial charge in [-0.3, -0.25) is 4.79 Å². The molecule has 8 heteroatoms. The number of thioether (sulfide) groups is 1. The summed E-state index contributed by atoms with van der Waals surface area (Å²) in [6, 6.07) is 9.44. The number of sulfonamides is 1. The number of pyridine rings is 1. The van der Waals surface area contributed by atoms with Crippen molar-refractivity contribution >= 4 is 33.4 Å². The van der Waals surface area contributed by atoms with Crippen LogP contribution < -0.4 is 5.32 Å². The largest absolute Gasteiger partial charge is 0.321 e. The van der Waals surface area contributed by atoms with Crippen LogP contribution in [-0.4, -0.2) is 43.5 Å². The van der Waals surface area contributed by atoms with Crippen molar-refractivity contribution in [2.75, 3.05) is 25.2 Å². The first kappa shape index (κ1) is 18.4. The quantitative estimate of drug-likeness (QED) is 0.796. The number of nitrogens with zero attached hydrogens (tertiary/aromatic N) is 2. The van der Waals surface area contributed by atoms with Gasteiger partial charge in [0.05, 0.1) is 21.8 Å². The number of benzene rings is 1. The highest BCUT2D eigenvalue weighted by Gasteiger charge is 2.17. The summed E-state index contributed by atoms with van der Waals surface area (Å²) in [4.78, 5) is 16.6. The molecule has 0 atom stereocenters. The minimum absolute atomic E-state index is 0.145. The van der Waals surface area contributed by atoms with Crippen LogP contribution in [0, 0.1) is 0 Å². The number of aromatic nitrogens is 1. The van der Waals surface area contributed by atoms with E-state index in [1.165, 1.54) is 38.4 Å². The lowest BCUT2D eigenvalue weighted by molar-refractivity contribution is 0.102. The van der Waals surface area contributed by atoms with Crippen molar-refractivity contribution in [2.45, 2.75) is 16.8 Å². The fourth-order valence-corrected chi connectivity index (χ4v) is 3.37. The maximum Gasteiger partial charge on any atom is 0.255 e. The Hall–Kier alpha value is -1.90. The van der Waals surface area contributed by atoms with Crippen molar-refractivity contribution < 1.29 is 13.2 Å². The first-order valence-corrected chi connectivity index (χ1v) is 9.70. The predicted molar refractivity (Wildman–Crippen MR) is 95.9 cm³/mol. The summed E-state index contributed by atoms with van der Waals surface area (Å²) in [5.41, 5.74) is 0.963. The van der Waals surface area contributed by atoms with E-state index < -0.39 is 10.0 Å². The number of hydrogen-bond donors (Lipinski definition) is 1. The van der Waals surface area contributed by atoms with E-state index >= 15 is 0 Å². The second-order valence-electron chi connectivity index (χ2n) is 5.08. The topological polar surface area (TPSA) is 79.4 Å². The summed E-state index contributed by atoms with van der Waals surface area (Å²) >= 11 is 1.62. The van der Waals surface area contributed by atoms with Gasteiger partial charge < -0.3 is 5.32 Å². The van der Waals surface area contributed by atoms with Crippen molar-refractivity contribution in [3.63, 3.8) is 0 Å². The third-order valence-corrected chi connectivity index (χ3v) is 5.84. The summed E-state index contributed by atoms with van der Waals surface area (Å²) in [5.74, 6) is 0.613. The van der Waals surface area contributed by atoms with Gasteiger partial charge >= 0.3 is 0 Å². The molecule has 0 spiro atoms. The molecule has 0 saturated carbocycles. The minimum atomic E-state index is -3.50. The Kier molecular flexibility index (Phi) is 5.98. The van der Waals surface area contributed by atoms with Crippen LogP contribution >= 0.6 is 11.8 Å². The zero-order valence-electron chi connectivity index (χ0n) is 13.7. The number of rotatable bonds is 6. The van der Waals surface area contributed by atoms with E-state index in [1.807, 2.05) is 13.0 Å². The molecule has 128 valence electrons. The van der Waals surface area contributed by atoms with Crippen LogP contribution in [-0.2, 0) is 10.0 Å². The molecule has 6 nitrogen and oxygen atoms in total. The van der Waals surface area contributed by atoms with Crippen LogP contribution in [0.2, 0.25) is 0 Å². The number of anilines is 1. The second-order valence-corrected chi connectivity index (χ2v) is 8.52. The van der Waals surface area contributed by atoms with E-state index in [0.717, 1.165) is 15.1 Å². The summed E-state index contributed by atoms with van der Waals surface area (Å²) in [6.07, 6.45) is 1.60. The lowest BCUT2D eigenvalue weighted by Gasteiger charge is -2.11. The Morgan fingerprint density at radius 1 is 1.17 bits per heavy atom. The van der Waals surface area contributed by atoms with Gasteiger partial charge in [-0.2, -0.15) is 0 Å². The number of carbonyl (C=O) groups excluding carboxylic acids is 1. The molecule has 0 aliphatic heterocycles. The van der Waals surface area contributed by atoms with E-state index in [0.29, 0.717) is 11.3 Å². The van der Waals surface area contributed by atoms with Gasteiger partial charge in [-0.15, -0.1) is 11.8 Å². The molecule has 1 aromatic carbocycles. The van der Waals surface area contributed by atoms with Crippen LogP contribution in [0.25, 0.3) is 0 Å². The Bertz CT molecular complexity index is 801. The maximum absolute atomic E-state index is 12.2. The second kappa shape index (κ2) is 7.78. The van der Waals surface area contributed by atoms with Crippen LogP contribution in [0.1, 0.15) is 17.3 Å². The smallest absolute Gasteiger partial charge is 0.255 e. The van der Waals surface area contributed by atoms with Gasteiger partial charge in [0.25, 0.3) is 5.91 Å². The Morgan fingerprint density at radius 2 is 1.83 bits per heavy atom. The lowest BCUT2D eigenvalue weighted by atomic mass is 10.2. The third kappa shape index (κ3) is 4.34. The van der Waals surface area contributed by atoms with E-state index in [4.69, 9.17) is 0 Å². The number of nitrogens with one attached hydrogen (secondary N) is 1. The molecular formula is C16H19N3O3S2. The standard InChI is InChI=1S/C16H19N3O3S2/c1-4-23-15-10-7-13(11-17-15)18-16(20)12-5-8-14(9-6-12)24(21,22)19(2)3/h5-11H,4H2,1-3H3,(H,18,20). The molecule has 0 bridgehead atoms. The Morgan fingerprint density at radius 3 is 2.33 bits per heavy atom. The maximum atomic E-state index is 12.2. The Labute approximate surface area is 146 Å². The zero-order valence-corrected chi connectivity index (χ0v) is 15.3. The monoisotopic (exact) mass is 365 g/mol. The molecule has 2 rings (SSSR count). The van der Waals surface area contributed by atoms with Gasteiger partial charge in [0, 0.05) is 19.7 Å². The van der Waals surface area contributed by atoms with Crippen molar-refractivity contribution in [3.05, 3.63) is 48.2 Å². The molecule has 2 aromatic rings. The third-order valence-electron chi connectivity index (χ3n) is 3.18. The molecule has 0 aliphatic carbocycles.